The van der Waals surface area contributed by atoms with Gasteiger partial charge in [0.05, 0.1) is 6.61 Å². The Kier molecular flexibility index (Phi) is 10.8. The number of hydrogen-bond donors (Lipinski definition) is 0. The van der Waals surface area contributed by atoms with E-state index in [2.05, 4.69) is 6.92 Å². The van der Waals surface area contributed by atoms with Crippen LogP contribution in [0.15, 0.2) is 30.3 Å². The summed E-state index contributed by atoms with van der Waals surface area (Å²) in [6.07, 6.45) is 5.19. The monoisotopic (exact) mass is 363 g/mol. The minimum Gasteiger partial charge on any atom is -0.459 e. The maximum Gasteiger partial charge on any atom is 0.417 e. The number of amides is 2. The number of imide groups is 1. The number of ether oxygens (including phenoxy) is 2. The number of rotatable bonds is 10. The van der Waals surface area contributed by atoms with Crippen LogP contribution in [0.2, 0.25) is 0 Å². The summed E-state index contributed by atoms with van der Waals surface area (Å²) >= 11 is 0. The molecule has 0 radical (unpaired) electrons. The zero-order chi connectivity index (χ0) is 19.2. The second kappa shape index (κ2) is 12.9. The molecule has 0 heterocycles. The Morgan fingerprint density at radius 3 is 2.19 bits per heavy atom. The van der Waals surface area contributed by atoms with E-state index in [9.17, 15) is 14.4 Å². The first-order valence-electron chi connectivity index (χ1n) is 9.29. The van der Waals surface area contributed by atoms with Gasteiger partial charge in [-0.15, -0.1) is 0 Å². The maximum absolute atomic E-state index is 12.3. The summed E-state index contributed by atoms with van der Waals surface area (Å²) in [5.74, 6) is -2.01. The van der Waals surface area contributed by atoms with Crippen LogP contribution in [0.25, 0.3) is 0 Å². The molecule has 0 N–H and O–H groups in total. The fourth-order valence-electron chi connectivity index (χ4n) is 2.43. The molecule has 2 amide bonds. The molecule has 0 aromatic heterocycles. The SMILES string of the molecule is CCCCCCCCN(C(=O)OCc1ccccc1)C(=O)C(=O)OCC. The highest BCUT2D eigenvalue weighted by atomic mass is 16.6. The lowest BCUT2D eigenvalue weighted by Crippen LogP contribution is -2.42. The summed E-state index contributed by atoms with van der Waals surface area (Å²) < 4.78 is 9.91. The number of esters is 1. The van der Waals surface area contributed by atoms with Gasteiger partial charge in [0.2, 0.25) is 0 Å². The van der Waals surface area contributed by atoms with Gasteiger partial charge in [-0.1, -0.05) is 69.4 Å². The molecule has 144 valence electrons. The molecule has 0 unspecified atom stereocenters. The lowest BCUT2D eigenvalue weighted by Gasteiger charge is -2.19. The summed E-state index contributed by atoms with van der Waals surface area (Å²) in [5, 5.41) is 0. The van der Waals surface area contributed by atoms with Gasteiger partial charge >= 0.3 is 18.0 Å². The minimum absolute atomic E-state index is 0.0444. The summed E-state index contributed by atoms with van der Waals surface area (Å²) in [6, 6.07) is 9.17. The normalized spacial score (nSPS) is 10.2. The molecule has 0 saturated carbocycles. The molecule has 0 aliphatic carbocycles. The Bertz CT molecular complexity index is 559. The molecule has 0 bridgehead atoms. The third-order valence-corrected chi connectivity index (χ3v) is 3.86. The van der Waals surface area contributed by atoms with Gasteiger partial charge in [0.25, 0.3) is 0 Å². The predicted molar refractivity (Wildman–Crippen MR) is 98.3 cm³/mol. The molecule has 0 aliphatic rings. The van der Waals surface area contributed by atoms with Gasteiger partial charge in [-0.3, -0.25) is 4.79 Å². The second-order valence-electron chi connectivity index (χ2n) is 5.99. The average Bonchev–Trinajstić information content (AvgIpc) is 2.66. The van der Waals surface area contributed by atoms with Gasteiger partial charge in [-0.25, -0.2) is 14.5 Å². The molecule has 1 aromatic rings. The van der Waals surface area contributed by atoms with E-state index >= 15 is 0 Å². The number of nitrogens with zero attached hydrogens (tertiary/aromatic N) is 1. The fourth-order valence-corrected chi connectivity index (χ4v) is 2.43. The van der Waals surface area contributed by atoms with E-state index in [-0.39, 0.29) is 19.8 Å². The molecular weight excluding hydrogens is 334 g/mol. The molecule has 0 spiro atoms. The van der Waals surface area contributed by atoms with E-state index in [1.165, 1.54) is 6.42 Å². The van der Waals surface area contributed by atoms with Gasteiger partial charge in [0.1, 0.15) is 6.61 Å². The van der Waals surface area contributed by atoms with Crippen molar-refractivity contribution < 1.29 is 23.9 Å². The lowest BCUT2D eigenvalue weighted by molar-refractivity contribution is -0.159. The van der Waals surface area contributed by atoms with Gasteiger partial charge < -0.3 is 9.47 Å². The third-order valence-electron chi connectivity index (χ3n) is 3.86. The first-order chi connectivity index (χ1) is 12.6. The number of hydrogen-bond acceptors (Lipinski definition) is 5. The van der Waals surface area contributed by atoms with Crippen LogP contribution in [0, 0.1) is 0 Å². The summed E-state index contributed by atoms with van der Waals surface area (Å²) in [6.45, 7) is 4.02. The van der Waals surface area contributed by atoms with Crippen molar-refractivity contribution in [2.75, 3.05) is 13.2 Å². The van der Waals surface area contributed by atoms with Crippen molar-refractivity contribution in [3.63, 3.8) is 0 Å². The minimum atomic E-state index is -1.03. The molecule has 6 nitrogen and oxygen atoms in total. The Hall–Kier alpha value is -2.37. The maximum atomic E-state index is 12.3. The molecule has 0 aliphatic heterocycles. The van der Waals surface area contributed by atoms with E-state index in [0.29, 0.717) is 6.42 Å². The van der Waals surface area contributed by atoms with Crippen molar-refractivity contribution in [3.05, 3.63) is 35.9 Å². The van der Waals surface area contributed by atoms with Crippen molar-refractivity contribution in [1.82, 2.24) is 4.90 Å². The van der Waals surface area contributed by atoms with Crippen LogP contribution in [0.4, 0.5) is 4.79 Å². The Balaban J connectivity index is 2.58. The van der Waals surface area contributed by atoms with E-state index < -0.39 is 18.0 Å². The number of benzene rings is 1. The predicted octanol–water partition coefficient (Wildman–Crippen LogP) is 4.08. The van der Waals surface area contributed by atoms with Gasteiger partial charge in [-0.2, -0.15) is 0 Å². The average molecular weight is 363 g/mol. The van der Waals surface area contributed by atoms with Crippen LogP contribution in [-0.2, 0) is 25.7 Å². The van der Waals surface area contributed by atoms with Crippen molar-refractivity contribution in [3.8, 4) is 0 Å². The topological polar surface area (TPSA) is 72.9 Å². The molecular formula is C20H29NO5. The van der Waals surface area contributed by atoms with E-state index in [0.717, 1.165) is 36.1 Å². The molecule has 1 aromatic carbocycles. The highest BCUT2D eigenvalue weighted by Gasteiger charge is 2.29. The van der Waals surface area contributed by atoms with E-state index in [1.807, 2.05) is 30.3 Å². The van der Waals surface area contributed by atoms with Crippen molar-refractivity contribution >= 4 is 18.0 Å². The quantitative estimate of drug-likeness (QED) is 0.356. The highest BCUT2D eigenvalue weighted by molar-refractivity contribution is 6.34. The summed E-state index contributed by atoms with van der Waals surface area (Å²) in [7, 11) is 0. The first kappa shape index (κ1) is 21.7. The Labute approximate surface area is 155 Å². The van der Waals surface area contributed by atoms with E-state index in [1.54, 1.807) is 6.92 Å². The summed E-state index contributed by atoms with van der Waals surface area (Å²) in [5.41, 5.74) is 0.809. The van der Waals surface area contributed by atoms with Crippen LogP contribution < -0.4 is 0 Å². The van der Waals surface area contributed by atoms with Crippen molar-refractivity contribution in [2.45, 2.75) is 59.0 Å². The number of carbonyl (C=O) groups excluding carboxylic acids is 3. The number of unbranched alkanes of at least 4 members (excludes halogenated alkanes) is 5. The van der Waals surface area contributed by atoms with Crippen LogP contribution in [0.3, 0.4) is 0 Å². The molecule has 1 rings (SSSR count). The van der Waals surface area contributed by atoms with Gasteiger partial charge in [0, 0.05) is 6.54 Å². The lowest BCUT2D eigenvalue weighted by atomic mass is 10.1. The molecule has 6 heteroatoms. The van der Waals surface area contributed by atoms with Crippen LogP contribution in [0.5, 0.6) is 0 Å². The largest absolute Gasteiger partial charge is 0.459 e. The second-order valence-corrected chi connectivity index (χ2v) is 5.99. The fraction of sp³-hybridized carbons (Fsp3) is 0.550. The van der Waals surface area contributed by atoms with E-state index in [4.69, 9.17) is 9.47 Å². The van der Waals surface area contributed by atoms with Gasteiger partial charge in [0.15, 0.2) is 0 Å². The third kappa shape index (κ3) is 8.14. The van der Waals surface area contributed by atoms with Crippen LogP contribution >= 0.6 is 0 Å². The zero-order valence-electron chi connectivity index (χ0n) is 15.7. The number of carbonyl (C=O) groups is 3. The summed E-state index contributed by atoms with van der Waals surface area (Å²) in [4.78, 5) is 37.1. The molecule has 0 fully saturated rings. The van der Waals surface area contributed by atoms with Crippen LogP contribution in [0.1, 0.15) is 57.9 Å². The standard InChI is InChI=1S/C20H29NO5/c1-3-5-6-7-8-12-15-21(18(22)19(23)25-4-2)20(24)26-16-17-13-10-9-11-14-17/h9-11,13-14H,3-8,12,15-16H2,1-2H3. The Morgan fingerprint density at radius 1 is 0.885 bits per heavy atom. The first-order valence-corrected chi connectivity index (χ1v) is 9.29. The van der Waals surface area contributed by atoms with Crippen molar-refractivity contribution in [2.24, 2.45) is 0 Å². The molecule has 0 saturated heterocycles. The zero-order valence-corrected chi connectivity index (χ0v) is 15.7. The Morgan fingerprint density at radius 2 is 1.54 bits per heavy atom. The van der Waals surface area contributed by atoms with Gasteiger partial charge in [-0.05, 0) is 18.9 Å². The smallest absolute Gasteiger partial charge is 0.417 e. The van der Waals surface area contributed by atoms with Crippen LogP contribution in [-0.4, -0.2) is 36.0 Å². The van der Waals surface area contributed by atoms with Crippen molar-refractivity contribution in [1.29, 1.82) is 0 Å². The highest BCUT2D eigenvalue weighted by Crippen LogP contribution is 2.09. The molecule has 26 heavy (non-hydrogen) atoms. The molecule has 0 atom stereocenters.